The number of phenolic OH excluding ortho intramolecular Hbond substituents is 1. The number of hydrogen-bond acceptors (Lipinski definition) is 8. The minimum absolute atomic E-state index is 0.0532. The number of carbonyl (C=O) groups excluding carboxylic acids is 1. The Hall–Kier alpha value is -4.08. The van der Waals surface area contributed by atoms with Crippen molar-refractivity contribution in [3.8, 4) is 16.9 Å². The van der Waals surface area contributed by atoms with Crippen molar-refractivity contribution in [2.24, 2.45) is 0 Å². The van der Waals surface area contributed by atoms with Gasteiger partial charge in [-0.1, -0.05) is 18.2 Å². The Bertz CT molecular complexity index is 1570. The van der Waals surface area contributed by atoms with E-state index in [1.165, 1.54) is 42.5 Å². The number of halogens is 5. The van der Waals surface area contributed by atoms with E-state index in [0.717, 1.165) is 37.8 Å². The highest BCUT2D eigenvalue weighted by Gasteiger charge is 2.38. The topological polar surface area (TPSA) is 130 Å². The minimum Gasteiger partial charge on any atom is -0.507 e. The summed E-state index contributed by atoms with van der Waals surface area (Å²) in [6.45, 7) is 4.01. The molecular weight excluding hydrogens is 617 g/mol. The zero-order valence-electron chi connectivity index (χ0n) is 23.0. The van der Waals surface area contributed by atoms with Crippen molar-refractivity contribution in [1.82, 2.24) is 4.90 Å². The molecule has 1 heterocycles. The Kier molecular flexibility index (Phi) is 11.8. The van der Waals surface area contributed by atoms with Gasteiger partial charge in [0.25, 0.3) is 0 Å². The molecule has 0 aliphatic carbocycles. The highest BCUT2D eigenvalue weighted by atomic mass is 32.2. The van der Waals surface area contributed by atoms with E-state index in [4.69, 9.17) is 19.4 Å². The van der Waals surface area contributed by atoms with Gasteiger partial charge in [0.05, 0.1) is 30.5 Å². The van der Waals surface area contributed by atoms with Gasteiger partial charge < -0.3 is 19.7 Å². The number of carbonyl (C=O) groups is 2. The lowest BCUT2D eigenvalue weighted by Crippen LogP contribution is -2.37. The summed E-state index contributed by atoms with van der Waals surface area (Å²) in [6, 6.07) is 12.5. The van der Waals surface area contributed by atoms with Crippen LogP contribution in [0.3, 0.4) is 0 Å². The minimum atomic E-state index is -5.08. The summed E-state index contributed by atoms with van der Waals surface area (Å²) >= 11 is 0. The molecule has 3 aromatic carbocycles. The van der Waals surface area contributed by atoms with Crippen LogP contribution in [-0.2, 0) is 29.9 Å². The standard InChI is InChI=1S/C27H27F2NO6S.C2HF3O2/c28-21-6-8-25(29)24(17-21)20-3-1-4-22(16-20)37(33,34)18-19-5-7-23(26(31)15-19)27(32)36-12-2-9-30-10-13-35-14-11-30;3-2(4,5)1(6)7/h1,3-8,15-17,31H,2,9-14,18H2;(H,6,7). The molecule has 1 saturated heterocycles. The molecule has 0 atom stereocenters. The summed E-state index contributed by atoms with van der Waals surface area (Å²) in [5.41, 5.74) is 0.356. The van der Waals surface area contributed by atoms with Crippen molar-refractivity contribution in [2.75, 3.05) is 39.5 Å². The maximum Gasteiger partial charge on any atom is 0.490 e. The summed E-state index contributed by atoms with van der Waals surface area (Å²) in [5.74, 6) is -5.63. The predicted octanol–water partition coefficient (Wildman–Crippen LogP) is 4.82. The van der Waals surface area contributed by atoms with Crippen molar-refractivity contribution in [3.05, 3.63) is 83.4 Å². The molecule has 44 heavy (non-hydrogen) atoms. The molecule has 0 aromatic heterocycles. The number of phenols is 1. The van der Waals surface area contributed by atoms with E-state index in [1.54, 1.807) is 0 Å². The van der Waals surface area contributed by atoms with E-state index in [0.29, 0.717) is 19.6 Å². The van der Waals surface area contributed by atoms with Crippen LogP contribution in [0.1, 0.15) is 22.3 Å². The fraction of sp³-hybridized carbons (Fsp3) is 0.310. The summed E-state index contributed by atoms with van der Waals surface area (Å²) in [6.07, 6.45) is -4.44. The molecule has 0 radical (unpaired) electrons. The van der Waals surface area contributed by atoms with Crippen LogP contribution in [-0.4, -0.2) is 81.1 Å². The van der Waals surface area contributed by atoms with Gasteiger partial charge in [0.2, 0.25) is 0 Å². The quantitative estimate of drug-likeness (QED) is 0.191. The molecular formula is C29H28F5NO8S. The molecule has 1 fully saturated rings. The third kappa shape index (κ3) is 9.99. The van der Waals surface area contributed by atoms with Crippen molar-refractivity contribution < 1.29 is 59.6 Å². The number of carboxylic acid groups (broad SMARTS) is 1. The van der Waals surface area contributed by atoms with Crippen LogP contribution in [0.15, 0.2) is 65.6 Å². The second kappa shape index (κ2) is 15.1. The first-order chi connectivity index (χ1) is 20.7. The number of rotatable bonds is 9. The number of aliphatic carboxylic acids is 1. The number of carboxylic acids is 1. The van der Waals surface area contributed by atoms with E-state index in [2.05, 4.69) is 4.90 Å². The number of nitrogens with zero attached hydrogens (tertiary/aromatic N) is 1. The SMILES string of the molecule is O=C(O)C(F)(F)F.O=C(OCCCN1CCOCC1)c1ccc(CS(=O)(=O)c2cccc(-c3cc(F)ccc3F)c2)cc1O. The predicted molar refractivity (Wildman–Crippen MR) is 147 cm³/mol. The van der Waals surface area contributed by atoms with Gasteiger partial charge in [-0.05, 0) is 60.0 Å². The second-order valence-corrected chi connectivity index (χ2v) is 11.5. The van der Waals surface area contributed by atoms with Crippen LogP contribution < -0.4 is 0 Å². The van der Waals surface area contributed by atoms with E-state index < -0.39 is 45.3 Å². The Morgan fingerprint density at radius 3 is 2.30 bits per heavy atom. The lowest BCUT2D eigenvalue weighted by atomic mass is 10.1. The molecule has 0 saturated carbocycles. The number of morpholine rings is 1. The molecule has 0 spiro atoms. The number of hydrogen-bond donors (Lipinski definition) is 2. The summed E-state index contributed by atoms with van der Waals surface area (Å²) in [4.78, 5) is 23.4. The maximum atomic E-state index is 14.2. The van der Waals surface area contributed by atoms with Crippen LogP contribution in [0, 0.1) is 11.6 Å². The molecule has 2 N–H and O–H groups in total. The third-order valence-electron chi connectivity index (χ3n) is 6.27. The highest BCUT2D eigenvalue weighted by molar-refractivity contribution is 7.90. The molecule has 15 heteroatoms. The largest absolute Gasteiger partial charge is 0.507 e. The van der Waals surface area contributed by atoms with Crippen LogP contribution in [0.2, 0.25) is 0 Å². The molecule has 0 bridgehead atoms. The van der Waals surface area contributed by atoms with E-state index in [1.807, 2.05) is 0 Å². The van der Waals surface area contributed by atoms with E-state index in [-0.39, 0.29) is 39.5 Å². The molecule has 238 valence electrons. The number of sulfone groups is 1. The first-order valence-corrected chi connectivity index (χ1v) is 14.7. The highest BCUT2D eigenvalue weighted by Crippen LogP contribution is 2.28. The van der Waals surface area contributed by atoms with Gasteiger partial charge in [0, 0.05) is 25.2 Å². The van der Waals surface area contributed by atoms with Gasteiger partial charge in [-0.15, -0.1) is 0 Å². The van der Waals surface area contributed by atoms with E-state index in [9.17, 15) is 40.3 Å². The molecule has 1 aliphatic heterocycles. The van der Waals surface area contributed by atoms with Gasteiger partial charge >= 0.3 is 18.1 Å². The smallest absolute Gasteiger partial charge is 0.490 e. The van der Waals surface area contributed by atoms with Gasteiger partial charge in [-0.3, -0.25) is 4.90 Å². The van der Waals surface area contributed by atoms with Crippen LogP contribution in [0.25, 0.3) is 11.1 Å². The number of alkyl halides is 3. The summed E-state index contributed by atoms with van der Waals surface area (Å²) < 4.78 is 96.1. The van der Waals surface area contributed by atoms with Crippen LogP contribution >= 0.6 is 0 Å². The second-order valence-electron chi connectivity index (χ2n) is 9.51. The number of aromatic hydroxyl groups is 1. The van der Waals surface area contributed by atoms with Gasteiger partial charge in [0.15, 0.2) is 9.84 Å². The van der Waals surface area contributed by atoms with Crippen LogP contribution in [0.5, 0.6) is 5.75 Å². The zero-order valence-corrected chi connectivity index (χ0v) is 23.8. The summed E-state index contributed by atoms with van der Waals surface area (Å²) in [5, 5.41) is 17.5. The Labute approximate surface area is 249 Å². The van der Waals surface area contributed by atoms with E-state index >= 15 is 0 Å². The summed E-state index contributed by atoms with van der Waals surface area (Å²) in [7, 11) is -3.90. The van der Waals surface area contributed by atoms with Gasteiger partial charge in [0.1, 0.15) is 22.9 Å². The monoisotopic (exact) mass is 645 g/mol. The fourth-order valence-corrected chi connectivity index (χ4v) is 5.45. The Morgan fingerprint density at radius 1 is 0.977 bits per heavy atom. The molecule has 4 rings (SSSR count). The Balaban J connectivity index is 0.000000676. The average Bonchev–Trinajstić information content (AvgIpc) is 2.97. The fourth-order valence-electron chi connectivity index (χ4n) is 4.07. The van der Waals surface area contributed by atoms with Gasteiger partial charge in [-0.25, -0.2) is 26.8 Å². The number of esters is 1. The third-order valence-corrected chi connectivity index (χ3v) is 7.95. The molecule has 9 nitrogen and oxygen atoms in total. The number of ether oxygens (including phenoxy) is 2. The first kappa shape index (κ1) is 34.4. The maximum absolute atomic E-state index is 14.2. The normalized spacial score (nSPS) is 13.9. The van der Waals surface area contributed by atoms with Crippen LogP contribution in [0.4, 0.5) is 22.0 Å². The van der Waals surface area contributed by atoms with Crippen molar-refractivity contribution in [3.63, 3.8) is 0 Å². The zero-order chi connectivity index (χ0) is 32.5. The molecule has 0 amide bonds. The lowest BCUT2D eigenvalue weighted by molar-refractivity contribution is -0.192. The Morgan fingerprint density at radius 2 is 1.66 bits per heavy atom. The molecule has 3 aromatic rings. The molecule has 0 unspecified atom stereocenters. The molecule has 1 aliphatic rings. The van der Waals surface area contributed by atoms with Gasteiger partial charge in [-0.2, -0.15) is 13.2 Å². The first-order valence-electron chi connectivity index (χ1n) is 13.0. The average molecular weight is 646 g/mol. The van der Waals surface area contributed by atoms with Crippen molar-refractivity contribution in [1.29, 1.82) is 0 Å². The van der Waals surface area contributed by atoms with Crippen molar-refractivity contribution in [2.45, 2.75) is 23.2 Å². The van der Waals surface area contributed by atoms with Crippen molar-refractivity contribution >= 4 is 21.8 Å². The number of benzene rings is 3. The lowest BCUT2D eigenvalue weighted by Gasteiger charge is -2.26.